The summed E-state index contributed by atoms with van der Waals surface area (Å²) in [6.07, 6.45) is 0.893. The maximum absolute atomic E-state index is 12.5. The summed E-state index contributed by atoms with van der Waals surface area (Å²) in [5.74, 6) is 0. The molecule has 1 aromatic heterocycles. The van der Waals surface area contributed by atoms with Crippen LogP contribution in [-0.4, -0.2) is 39.5 Å². The van der Waals surface area contributed by atoms with Crippen molar-refractivity contribution in [3.05, 3.63) is 15.4 Å². The number of nitrogens with zero attached hydrogens (tertiary/aromatic N) is 1. The molecule has 20 heavy (non-hydrogen) atoms. The van der Waals surface area contributed by atoms with Crippen LogP contribution in [0.4, 0.5) is 0 Å². The van der Waals surface area contributed by atoms with Crippen LogP contribution in [0.3, 0.4) is 0 Å². The Morgan fingerprint density at radius 1 is 1.40 bits per heavy atom. The first-order valence-corrected chi connectivity index (χ1v) is 10.6. The molecule has 0 saturated carbocycles. The number of piperidine rings is 1. The summed E-state index contributed by atoms with van der Waals surface area (Å²) >= 11 is 4.43. The molecule has 0 amide bonds. The van der Waals surface area contributed by atoms with Gasteiger partial charge in [-0.1, -0.05) is 0 Å². The summed E-state index contributed by atoms with van der Waals surface area (Å²) in [6, 6.07) is 1.59. The number of thiophene rings is 1. The number of nitrogens with two attached hydrogens (primary N) is 1. The number of rotatable bonds is 3. The van der Waals surface area contributed by atoms with Crippen molar-refractivity contribution in [2.75, 3.05) is 13.1 Å². The van der Waals surface area contributed by atoms with Gasteiger partial charge in [0.05, 0.1) is 9.04 Å². The molecule has 2 N–H and O–H groups in total. The number of primary sulfonamides is 1. The SMILES string of the molecule is Cc1cc(S(=O)(=O)N2CCCC(S(N)(=O)=O)C2)sc1Br. The zero-order valence-electron chi connectivity index (χ0n) is 10.7. The Morgan fingerprint density at radius 3 is 2.55 bits per heavy atom. The van der Waals surface area contributed by atoms with Crippen molar-refractivity contribution in [3.8, 4) is 0 Å². The Morgan fingerprint density at radius 2 is 2.05 bits per heavy atom. The quantitative estimate of drug-likeness (QED) is 0.822. The van der Waals surface area contributed by atoms with Crippen molar-refractivity contribution in [1.82, 2.24) is 4.31 Å². The summed E-state index contributed by atoms with van der Waals surface area (Å²) < 4.78 is 50.0. The van der Waals surface area contributed by atoms with Crippen molar-refractivity contribution in [2.45, 2.75) is 29.2 Å². The summed E-state index contributed by atoms with van der Waals surface area (Å²) in [5, 5.41) is 4.30. The van der Waals surface area contributed by atoms with Gasteiger partial charge in [-0.15, -0.1) is 11.3 Å². The van der Waals surface area contributed by atoms with Crippen LogP contribution in [-0.2, 0) is 20.0 Å². The fraction of sp³-hybridized carbons (Fsp3) is 0.600. The zero-order chi connectivity index (χ0) is 15.1. The van der Waals surface area contributed by atoms with E-state index in [4.69, 9.17) is 5.14 Å². The first-order valence-electron chi connectivity index (χ1n) is 5.90. The second-order valence-electron chi connectivity index (χ2n) is 4.74. The van der Waals surface area contributed by atoms with Crippen molar-refractivity contribution in [3.63, 3.8) is 0 Å². The third-order valence-electron chi connectivity index (χ3n) is 3.23. The highest BCUT2D eigenvalue weighted by Gasteiger charge is 2.35. The number of hydrogen-bond donors (Lipinski definition) is 1. The molecular weight excluding hydrogens is 388 g/mol. The Bertz CT molecular complexity index is 691. The molecule has 6 nitrogen and oxygen atoms in total. The normalized spacial score (nSPS) is 22.1. The second-order valence-corrected chi connectivity index (χ2v) is 11.1. The predicted molar refractivity (Wildman–Crippen MR) is 81.6 cm³/mol. The van der Waals surface area contributed by atoms with Crippen molar-refractivity contribution in [1.29, 1.82) is 0 Å². The van der Waals surface area contributed by atoms with E-state index in [-0.39, 0.29) is 10.8 Å². The molecule has 1 atom stereocenters. The Balaban J connectivity index is 2.30. The van der Waals surface area contributed by atoms with E-state index in [2.05, 4.69) is 15.9 Å². The summed E-state index contributed by atoms with van der Waals surface area (Å²) in [6.45, 7) is 2.06. The lowest BCUT2D eigenvalue weighted by Gasteiger charge is -2.30. The van der Waals surface area contributed by atoms with E-state index < -0.39 is 25.3 Å². The van der Waals surface area contributed by atoms with Crippen molar-refractivity contribution in [2.24, 2.45) is 5.14 Å². The molecule has 2 rings (SSSR count). The largest absolute Gasteiger partial charge is 0.252 e. The van der Waals surface area contributed by atoms with Gasteiger partial charge in [0.1, 0.15) is 4.21 Å². The van der Waals surface area contributed by atoms with E-state index in [1.807, 2.05) is 6.92 Å². The molecular formula is C10H15BrN2O4S3. The van der Waals surface area contributed by atoms with Crippen LogP contribution in [0.5, 0.6) is 0 Å². The highest BCUT2D eigenvalue weighted by Crippen LogP contribution is 2.33. The molecule has 0 bridgehead atoms. The molecule has 1 unspecified atom stereocenters. The Labute approximate surface area is 131 Å². The van der Waals surface area contributed by atoms with Gasteiger partial charge in [0.15, 0.2) is 0 Å². The molecule has 0 aliphatic carbocycles. The van der Waals surface area contributed by atoms with Gasteiger partial charge in [0, 0.05) is 13.1 Å². The first-order chi connectivity index (χ1) is 9.12. The van der Waals surface area contributed by atoms with Crippen LogP contribution in [0.1, 0.15) is 18.4 Å². The minimum atomic E-state index is -3.72. The number of hydrogen-bond acceptors (Lipinski definition) is 5. The van der Waals surface area contributed by atoms with E-state index in [0.29, 0.717) is 19.4 Å². The van der Waals surface area contributed by atoms with Gasteiger partial charge in [-0.3, -0.25) is 0 Å². The molecule has 114 valence electrons. The molecule has 1 saturated heterocycles. The Hall–Kier alpha value is -0.000000000000000111. The van der Waals surface area contributed by atoms with Crippen LogP contribution in [0.25, 0.3) is 0 Å². The van der Waals surface area contributed by atoms with Gasteiger partial charge in [0.25, 0.3) is 10.0 Å². The average molecular weight is 403 g/mol. The van der Waals surface area contributed by atoms with E-state index in [1.165, 1.54) is 4.31 Å². The summed E-state index contributed by atoms with van der Waals surface area (Å²) in [5.41, 5.74) is 0.841. The highest BCUT2D eigenvalue weighted by molar-refractivity contribution is 9.11. The van der Waals surface area contributed by atoms with Crippen LogP contribution in [0.2, 0.25) is 0 Å². The van der Waals surface area contributed by atoms with Crippen molar-refractivity contribution < 1.29 is 16.8 Å². The summed E-state index contributed by atoms with van der Waals surface area (Å²) in [4.78, 5) is 0. The zero-order valence-corrected chi connectivity index (χ0v) is 14.8. The minimum Gasteiger partial charge on any atom is -0.228 e. The third-order valence-corrected chi connectivity index (χ3v) is 9.00. The minimum absolute atomic E-state index is 0.0737. The molecule has 1 fully saturated rings. The standard InChI is InChI=1S/C10H15BrN2O4S3/c1-7-5-9(18-10(7)11)20(16,17)13-4-2-3-8(6-13)19(12,14)15/h5,8H,2-4,6H2,1H3,(H2,12,14,15). The summed E-state index contributed by atoms with van der Waals surface area (Å²) in [7, 11) is -7.37. The topological polar surface area (TPSA) is 97.5 Å². The lowest BCUT2D eigenvalue weighted by Crippen LogP contribution is -2.46. The smallest absolute Gasteiger partial charge is 0.228 e. The maximum atomic E-state index is 12.5. The lowest BCUT2D eigenvalue weighted by atomic mass is 10.2. The predicted octanol–water partition coefficient (Wildman–Crippen LogP) is 1.26. The Kier molecular flexibility index (Phi) is 4.63. The number of halogens is 1. The van der Waals surface area contributed by atoms with Crippen LogP contribution < -0.4 is 5.14 Å². The third kappa shape index (κ3) is 3.25. The van der Waals surface area contributed by atoms with E-state index in [1.54, 1.807) is 6.07 Å². The number of sulfonamides is 2. The van der Waals surface area contributed by atoms with Gasteiger partial charge in [-0.25, -0.2) is 22.0 Å². The monoisotopic (exact) mass is 402 g/mol. The highest BCUT2D eigenvalue weighted by atomic mass is 79.9. The molecule has 1 aliphatic heterocycles. The molecule has 1 aliphatic rings. The van der Waals surface area contributed by atoms with E-state index in [0.717, 1.165) is 20.7 Å². The molecule has 0 radical (unpaired) electrons. The van der Waals surface area contributed by atoms with Crippen molar-refractivity contribution >= 4 is 47.3 Å². The van der Waals surface area contributed by atoms with Gasteiger partial charge in [-0.05, 0) is 47.3 Å². The van der Waals surface area contributed by atoms with Crippen LogP contribution >= 0.6 is 27.3 Å². The number of aryl methyl sites for hydroxylation is 1. The molecule has 0 spiro atoms. The van der Waals surface area contributed by atoms with Gasteiger partial charge < -0.3 is 0 Å². The second kappa shape index (κ2) is 5.65. The van der Waals surface area contributed by atoms with Gasteiger partial charge in [0.2, 0.25) is 10.0 Å². The van der Waals surface area contributed by atoms with Gasteiger partial charge >= 0.3 is 0 Å². The molecule has 0 aromatic carbocycles. The van der Waals surface area contributed by atoms with Crippen LogP contribution in [0, 0.1) is 6.92 Å². The van der Waals surface area contributed by atoms with Gasteiger partial charge in [-0.2, -0.15) is 4.31 Å². The fourth-order valence-corrected chi connectivity index (χ4v) is 6.96. The fourth-order valence-electron chi connectivity index (χ4n) is 2.08. The molecule has 10 heteroatoms. The van der Waals surface area contributed by atoms with E-state index >= 15 is 0 Å². The van der Waals surface area contributed by atoms with Crippen LogP contribution in [0.15, 0.2) is 14.1 Å². The first kappa shape index (κ1) is 16.4. The lowest BCUT2D eigenvalue weighted by molar-refractivity contribution is 0.346. The van der Waals surface area contributed by atoms with E-state index in [9.17, 15) is 16.8 Å². The maximum Gasteiger partial charge on any atom is 0.252 e. The molecule has 2 heterocycles. The average Bonchev–Trinajstić information content (AvgIpc) is 2.69. The molecule has 1 aromatic rings.